The molecule has 0 spiro atoms. The molecule has 4 N–H and O–H groups in total. The Labute approximate surface area is 192 Å². The van der Waals surface area contributed by atoms with Crippen LogP contribution >= 0.6 is 0 Å². The smallest absolute Gasteiger partial charge is 0.270 e. The number of morpholine rings is 1. The van der Waals surface area contributed by atoms with Crippen molar-refractivity contribution in [3.8, 4) is 0 Å². The number of hydrogen-bond donors (Lipinski definition) is 4. The van der Waals surface area contributed by atoms with Crippen LogP contribution < -0.4 is 15.5 Å². The summed E-state index contributed by atoms with van der Waals surface area (Å²) in [5.74, 6) is -0.480. The van der Waals surface area contributed by atoms with E-state index in [1.165, 1.54) is 30.5 Å². The number of anilines is 3. The molecular weight excluding hydrogens is 426 g/mol. The molecule has 0 radical (unpaired) electrons. The van der Waals surface area contributed by atoms with Gasteiger partial charge in [-0.05, 0) is 38.5 Å². The number of ether oxygens (including phenoxy) is 1. The molecule has 0 aromatic heterocycles. The number of nitrogens with one attached hydrogen (secondary N) is 3. The zero-order chi connectivity index (χ0) is 24.0. The lowest BCUT2D eigenvalue weighted by atomic mass is 10.0. The molecular formula is C23H29N5O5. The van der Waals surface area contributed by atoms with Crippen LogP contribution in [-0.2, 0) is 4.74 Å². The van der Waals surface area contributed by atoms with Crippen molar-refractivity contribution in [2.24, 2.45) is 0 Å². The summed E-state index contributed by atoms with van der Waals surface area (Å²) >= 11 is 0. The SMILES string of the molecule is CC(C)(O)CCNc1cc(N2CCOCC2)c(NC(=O)c2cccc([N+](=O)[O-])c2)cc1C=N. The van der Waals surface area contributed by atoms with Crippen molar-refractivity contribution in [2.75, 3.05) is 48.4 Å². The minimum absolute atomic E-state index is 0.164. The Bertz CT molecular complexity index is 1030. The summed E-state index contributed by atoms with van der Waals surface area (Å²) < 4.78 is 5.45. The molecule has 1 aliphatic heterocycles. The molecule has 0 atom stereocenters. The van der Waals surface area contributed by atoms with E-state index in [4.69, 9.17) is 10.1 Å². The van der Waals surface area contributed by atoms with Crippen LogP contribution in [0.4, 0.5) is 22.7 Å². The van der Waals surface area contributed by atoms with Gasteiger partial charge in [-0.3, -0.25) is 14.9 Å². The van der Waals surface area contributed by atoms with Gasteiger partial charge in [0.2, 0.25) is 0 Å². The van der Waals surface area contributed by atoms with E-state index < -0.39 is 16.4 Å². The molecule has 2 aromatic rings. The zero-order valence-electron chi connectivity index (χ0n) is 18.8. The predicted molar refractivity (Wildman–Crippen MR) is 128 cm³/mol. The second-order valence-electron chi connectivity index (χ2n) is 8.45. The quantitative estimate of drug-likeness (QED) is 0.258. The first kappa shape index (κ1) is 24.1. The summed E-state index contributed by atoms with van der Waals surface area (Å²) in [5, 5.41) is 35.0. The largest absolute Gasteiger partial charge is 0.390 e. The van der Waals surface area contributed by atoms with Gasteiger partial charge in [-0.25, -0.2) is 0 Å². The van der Waals surface area contributed by atoms with Crippen molar-refractivity contribution in [3.05, 3.63) is 57.6 Å². The maximum atomic E-state index is 12.9. The number of carbonyl (C=O) groups is 1. The summed E-state index contributed by atoms with van der Waals surface area (Å²) in [4.78, 5) is 25.5. The number of amides is 1. The summed E-state index contributed by atoms with van der Waals surface area (Å²) in [6.45, 7) is 6.33. The van der Waals surface area contributed by atoms with Gasteiger partial charge in [-0.15, -0.1) is 0 Å². The van der Waals surface area contributed by atoms with Gasteiger partial charge in [0, 0.05) is 54.8 Å². The lowest BCUT2D eigenvalue weighted by molar-refractivity contribution is -0.384. The number of benzene rings is 2. The van der Waals surface area contributed by atoms with Crippen LogP contribution in [0.5, 0.6) is 0 Å². The minimum atomic E-state index is -0.822. The zero-order valence-corrected chi connectivity index (χ0v) is 18.8. The third kappa shape index (κ3) is 6.50. The van der Waals surface area contributed by atoms with Gasteiger partial charge in [-0.2, -0.15) is 0 Å². The minimum Gasteiger partial charge on any atom is -0.390 e. The van der Waals surface area contributed by atoms with E-state index in [1.54, 1.807) is 19.9 Å². The van der Waals surface area contributed by atoms with E-state index in [0.717, 1.165) is 5.69 Å². The monoisotopic (exact) mass is 455 g/mol. The molecule has 1 saturated heterocycles. The lowest BCUT2D eigenvalue weighted by Gasteiger charge is -2.31. The van der Waals surface area contributed by atoms with Gasteiger partial charge in [0.1, 0.15) is 0 Å². The second kappa shape index (κ2) is 10.4. The third-order valence-electron chi connectivity index (χ3n) is 5.29. The number of nitro benzene ring substituents is 1. The molecule has 2 aromatic carbocycles. The number of nitro groups is 1. The lowest BCUT2D eigenvalue weighted by Crippen LogP contribution is -2.37. The van der Waals surface area contributed by atoms with Crippen molar-refractivity contribution in [1.29, 1.82) is 5.41 Å². The van der Waals surface area contributed by atoms with Crippen LogP contribution in [0, 0.1) is 15.5 Å². The van der Waals surface area contributed by atoms with Gasteiger partial charge in [-0.1, -0.05) is 6.07 Å². The van der Waals surface area contributed by atoms with Gasteiger partial charge < -0.3 is 30.8 Å². The van der Waals surface area contributed by atoms with Crippen molar-refractivity contribution < 1.29 is 19.6 Å². The molecule has 3 rings (SSSR count). The summed E-state index contributed by atoms with van der Waals surface area (Å²) in [7, 11) is 0. The number of non-ortho nitro benzene ring substituents is 1. The predicted octanol–water partition coefficient (Wildman–Crippen LogP) is 3.25. The molecule has 0 bridgehead atoms. The molecule has 176 valence electrons. The van der Waals surface area contributed by atoms with E-state index in [2.05, 4.69) is 15.5 Å². The average molecular weight is 456 g/mol. The van der Waals surface area contributed by atoms with Gasteiger partial charge in [0.05, 0.1) is 35.1 Å². The van der Waals surface area contributed by atoms with Crippen LogP contribution in [0.2, 0.25) is 0 Å². The standard InChI is InChI=1S/C23H29N5O5/c1-23(2,30)6-7-25-19-14-21(27-8-10-33-11-9-27)20(13-17(19)15-24)26-22(29)16-4-3-5-18(12-16)28(31)32/h3-5,12-15,24-25,30H,6-11H2,1-2H3,(H,26,29). The number of carbonyl (C=O) groups excluding carboxylic acids is 1. The van der Waals surface area contributed by atoms with Crippen molar-refractivity contribution in [3.63, 3.8) is 0 Å². The number of rotatable bonds is 9. The Kier molecular flexibility index (Phi) is 7.62. The Morgan fingerprint density at radius 1 is 1.27 bits per heavy atom. The van der Waals surface area contributed by atoms with Gasteiger partial charge in [0.15, 0.2) is 0 Å². The first-order valence-electron chi connectivity index (χ1n) is 10.7. The van der Waals surface area contributed by atoms with E-state index >= 15 is 0 Å². The Morgan fingerprint density at radius 2 is 2.00 bits per heavy atom. The van der Waals surface area contributed by atoms with Crippen molar-refractivity contribution >= 4 is 34.9 Å². The first-order valence-corrected chi connectivity index (χ1v) is 10.7. The average Bonchev–Trinajstić information content (AvgIpc) is 2.79. The fraction of sp³-hybridized carbons (Fsp3) is 0.391. The highest BCUT2D eigenvalue weighted by molar-refractivity contribution is 6.07. The Hall–Kier alpha value is -3.50. The second-order valence-corrected chi connectivity index (χ2v) is 8.45. The molecule has 1 heterocycles. The number of hydrogen-bond acceptors (Lipinski definition) is 8. The molecule has 10 heteroatoms. The van der Waals surface area contributed by atoms with E-state index in [9.17, 15) is 20.0 Å². The molecule has 33 heavy (non-hydrogen) atoms. The first-order chi connectivity index (χ1) is 15.7. The fourth-order valence-electron chi connectivity index (χ4n) is 3.50. The van der Waals surface area contributed by atoms with Gasteiger partial charge in [0.25, 0.3) is 11.6 Å². The van der Waals surface area contributed by atoms with Crippen LogP contribution in [0.3, 0.4) is 0 Å². The Balaban J connectivity index is 1.93. The topological polar surface area (TPSA) is 141 Å². The van der Waals surface area contributed by atoms with Crippen LogP contribution in [0.15, 0.2) is 36.4 Å². The molecule has 1 aliphatic rings. The molecule has 0 unspecified atom stereocenters. The van der Waals surface area contributed by atoms with Crippen LogP contribution in [0.1, 0.15) is 36.2 Å². The molecule has 1 amide bonds. The Morgan fingerprint density at radius 3 is 2.64 bits per heavy atom. The highest BCUT2D eigenvalue weighted by Gasteiger charge is 2.20. The normalized spacial score (nSPS) is 14.0. The molecule has 0 saturated carbocycles. The fourth-order valence-corrected chi connectivity index (χ4v) is 3.50. The molecule has 10 nitrogen and oxygen atoms in total. The number of nitrogens with zero attached hydrogens (tertiary/aromatic N) is 2. The van der Waals surface area contributed by atoms with Crippen molar-refractivity contribution in [1.82, 2.24) is 0 Å². The van der Waals surface area contributed by atoms with E-state index in [-0.39, 0.29) is 11.3 Å². The van der Waals surface area contributed by atoms with E-state index in [0.29, 0.717) is 56.2 Å². The highest BCUT2D eigenvalue weighted by atomic mass is 16.6. The third-order valence-corrected chi connectivity index (χ3v) is 5.29. The summed E-state index contributed by atoms with van der Waals surface area (Å²) in [5.41, 5.74) is 1.72. The summed E-state index contributed by atoms with van der Waals surface area (Å²) in [6, 6.07) is 9.12. The molecule has 0 aliphatic carbocycles. The highest BCUT2D eigenvalue weighted by Crippen LogP contribution is 2.33. The van der Waals surface area contributed by atoms with Crippen molar-refractivity contribution in [2.45, 2.75) is 25.9 Å². The maximum Gasteiger partial charge on any atom is 0.270 e. The van der Waals surface area contributed by atoms with Gasteiger partial charge >= 0.3 is 0 Å². The van der Waals surface area contributed by atoms with E-state index in [1.807, 2.05) is 6.07 Å². The summed E-state index contributed by atoms with van der Waals surface area (Å²) in [6.07, 6.45) is 1.71. The maximum absolute atomic E-state index is 12.9. The number of aliphatic hydroxyl groups is 1. The van der Waals surface area contributed by atoms with Crippen LogP contribution in [0.25, 0.3) is 0 Å². The molecule has 1 fully saturated rings. The van der Waals surface area contributed by atoms with Crippen LogP contribution in [-0.4, -0.2) is 60.6 Å².